The molecule has 0 amide bonds. The Hall–Kier alpha value is -5.51. The first-order valence-electron chi connectivity index (χ1n) is 17.2. The zero-order chi connectivity index (χ0) is 49.0. The van der Waals surface area contributed by atoms with Gasteiger partial charge in [0, 0.05) is 42.8 Å². The molecule has 1 fully saturated rings. The summed E-state index contributed by atoms with van der Waals surface area (Å²) in [5.41, 5.74) is 21.4. The highest BCUT2D eigenvalue weighted by Gasteiger charge is 2.31. The molecular weight excluding hydrogens is 1040 g/mol. The summed E-state index contributed by atoms with van der Waals surface area (Å²) >= 11 is 44.5. The number of carbonyl (C=O) groups excluding carboxylic acids is 1. The smallest absolute Gasteiger partial charge is 0.408 e. The second-order valence-corrected chi connectivity index (χ2v) is 15.1. The summed E-state index contributed by atoms with van der Waals surface area (Å²) in [6.07, 6.45) is 0.819. The number of carboxylic acids is 1. The van der Waals surface area contributed by atoms with Crippen LogP contribution in [0.3, 0.4) is 0 Å². The second-order valence-electron chi connectivity index (χ2n) is 12.2. The number of hydrogen-bond acceptors (Lipinski definition) is 21. The molecule has 4 aromatic heterocycles. The highest BCUT2D eigenvalue weighted by atomic mass is 35.5. The first-order valence-corrected chi connectivity index (χ1v) is 20.2. The third-order valence-corrected chi connectivity index (χ3v) is 10.4. The van der Waals surface area contributed by atoms with E-state index in [1.807, 2.05) is 11.8 Å². The predicted octanol–water partition coefficient (Wildman–Crippen LogP) is 7.00. The number of ether oxygens (including phenoxy) is 1. The number of carbonyl (C=O) groups is 2. The van der Waals surface area contributed by atoms with Crippen molar-refractivity contribution in [2.75, 3.05) is 54.6 Å². The predicted molar refractivity (Wildman–Crippen MR) is 241 cm³/mol. The van der Waals surface area contributed by atoms with Crippen molar-refractivity contribution in [1.29, 1.82) is 0 Å². The lowest BCUT2D eigenvalue weighted by atomic mass is 10.1. The SMILES string of the molecule is CC[C@H]1CN(c2nc(N)c([N+](=O)[O-])nc2Cl)CCN1Cc1ccc(Cl)cc1F.COC(=O)c1nc(Cl)c(Cl)nc1N.Nc1nc(Cl)c(Cl)nc1C(=O)O.Nc1nc(Cl)c(Cl)nc1[N+](=O)[O-]. The van der Waals surface area contributed by atoms with E-state index in [0.29, 0.717) is 42.6 Å². The fraction of sp³-hybridized carbons (Fsp3) is 0.250. The van der Waals surface area contributed by atoms with Gasteiger partial charge in [-0.25, -0.2) is 43.9 Å². The molecule has 0 aliphatic carbocycles. The van der Waals surface area contributed by atoms with E-state index in [0.717, 1.165) is 6.42 Å². The number of nitrogens with two attached hydrogens (primary N) is 4. The molecule has 0 spiro atoms. The molecule has 348 valence electrons. The lowest BCUT2D eigenvalue weighted by Crippen LogP contribution is -2.53. The highest BCUT2D eigenvalue weighted by Crippen LogP contribution is 2.31. The van der Waals surface area contributed by atoms with Gasteiger partial charge in [-0.2, -0.15) is 0 Å². The molecule has 5 aromatic rings. The minimum Gasteiger partial charge on any atom is -0.476 e. The summed E-state index contributed by atoms with van der Waals surface area (Å²) < 4.78 is 18.5. The molecule has 1 saturated heterocycles. The molecule has 1 aromatic carbocycles. The molecule has 24 nitrogen and oxygen atoms in total. The van der Waals surface area contributed by atoms with Crippen molar-refractivity contribution in [2.24, 2.45) is 0 Å². The molecule has 1 atom stereocenters. The number of nitrogens with zero attached hydrogens (tertiary/aromatic N) is 12. The van der Waals surface area contributed by atoms with Crippen molar-refractivity contribution in [1.82, 2.24) is 44.8 Å². The quantitative estimate of drug-likeness (QED) is 0.0592. The molecule has 6 rings (SSSR count). The fourth-order valence-electron chi connectivity index (χ4n) is 5.05. The summed E-state index contributed by atoms with van der Waals surface area (Å²) in [5, 5.41) is 29.1. The van der Waals surface area contributed by atoms with Crippen LogP contribution < -0.4 is 27.8 Å². The Morgan fingerprint density at radius 1 is 0.738 bits per heavy atom. The average molecular weight is 1070 g/mol. The van der Waals surface area contributed by atoms with Crippen LogP contribution in [-0.4, -0.2) is 104 Å². The van der Waals surface area contributed by atoms with E-state index in [9.17, 15) is 34.2 Å². The Kier molecular flexibility index (Phi) is 20.0. The molecule has 5 heterocycles. The number of anilines is 5. The summed E-state index contributed by atoms with van der Waals surface area (Å²) in [4.78, 5) is 73.8. The van der Waals surface area contributed by atoms with E-state index in [-0.39, 0.29) is 76.9 Å². The maximum Gasteiger partial charge on any atom is 0.408 e. The number of aromatic carboxylic acids is 1. The largest absolute Gasteiger partial charge is 0.476 e. The number of halogens is 9. The second kappa shape index (κ2) is 24.1. The summed E-state index contributed by atoms with van der Waals surface area (Å²) in [6.45, 7) is 4.25. The number of nitrogen functional groups attached to an aromatic ring is 4. The van der Waals surface area contributed by atoms with Crippen LogP contribution in [0.15, 0.2) is 18.2 Å². The number of piperazine rings is 1. The molecule has 33 heteroatoms. The van der Waals surface area contributed by atoms with Crippen molar-refractivity contribution in [3.63, 3.8) is 0 Å². The zero-order valence-electron chi connectivity index (χ0n) is 32.7. The Morgan fingerprint density at radius 3 is 1.69 bits per heavy atom. The molecule has 9 N–H and O–H groups in total. The van der Waals surface area contributed by atoms with Gasteiger partial charge in [0.25, 0.3) is 10.3 Å². The van der Waals surface area contributed by atoms with E-state index >= 15 is 0 Å². The van der Waals surface area contributed by atoms with E-state index < -0.39 is 39.1 Å². The number of benzene rings is 1. The zero-order valence-corrected chi connectivity index (χ0v) is 38.8. The molecule has 0 unspecified atom stereocenters. The summed E-state index contributed by atoms with van der Waals surface area (Å²) in [6, 6.07) is 4.78. The minimum absolute atomic E-state index is 0.0492. The van der Waals surface area contributed by atoms with E-state index in [2.05, 4.69) is 49.5 Å². The van der Waals surface area contributed by atoms with Gasteiger partial charge in [0.15, 0.2) is 54.6 Å². The molecule has 0 bridgehead atoms. The Labute approximate surface area is 404 Å². The van der Waals surface area contributed by atoms with Gasteiger partial charge in [0.1, 0.15) is 5.82 Å². The lowest BCUT2D eigenvalue weighted by molar-refractivity contribution is -0.388. The fourth-order valence-corrected chi connectivity index (χ4v) is 6.22. The standard InChI is InChI=1S/C17H19Cl2FN6O2.C6H5Cl2N3O2.C5H3Cl2N3O2.C4H2Cl2N4O2/c1-2-12-9-25(16-14(19)22-17(26(27)28)15(21)23-16)6-5-24(12)8-10-3-4-11(18)7-13(10)20;1-13-6(12)2-5(9)11-4(8)3(7)10-2;6-2-3(7)10-4(8)1(9-2)5(11)12;5-1-2(6)9-4(10(11)12)3(7)8-1/h3-4,7,12H,2,5-6,8-9H2,1H3,(H2,21,23);1H3,(H2,9,11);(H2,8,10)(H,11,12);(H2,7,8)/t12-;;;/m0.../s1. The van der Waals surface area contributed by atoms with Gasteiger partial charge in [-0.15, -0.1) is 0 Å². The van der Waals surface area contributed by atoms with Crippen LogP contribution in [0.2, 0.25) is 41.1 Å². The Morgan fingerprint density at radius 2 is 1.20 bits per heavy atom. The van der Waals surface area contributed by atoms with Crippen LogP contribution in [0.4, 0.5) is 45.1 Å². The number of nitro groups is 2. The molecule has 0 radical (unpaired) electrons. The van der Waals surface area contributed by atoms with Gasteiger partial charge in [-0.1, -0.05) is 82.6 Å². The number of methoxy groups -OCH3 is 1. The minimum atomic E-state index is -1.29. The van der Waals surface area contributed by atoms with Crippen molar-refractivity contribution in [3.05, 3.63) is 102 Å². The monoisotopic (exact) mass is 1060 g/mol. The van der Waals surface area contributed by atoms with Crippen LogP contribution in [0.1, 0.15) is 39.9 Å². The average Bonchev–Trinajstić information content (AvgIpc) is 3.23. The third-order valence-electron chi connectivity index (χ3n) is 8.04. The van der Waals surface area contributed by atoms with Crippen molar-refractivity contribution < 1.29 is 33.7 Å². The highest BCUT2D eigenvalue weighted by molar-refractivity contribution is 6.41. The molecule has 1 aliphatic rings. The number of carboxylic acid groups (broad SMARTS) is 1. The molecule has 65 heavy (non-hydrogen) atoms. The van der Waals surface area contributed by atoms with Gasteiger partial charge in [0.2, 0.25) is 11.6 Å². The van der Waals surface area contributed by atoms with E-state index in [1.54, 1.807) is 12.1 Å². The van der Waals surface area contributed by atoms with Gasteiger partial charge in [0.05, 0.1) is 7.11 Å². The van der Waals surface area contributed by atoms with Crippen molar-refractivity contribution >= 4 is 145 Å². The van der Waals surface area contributed by atoms with E-state index in [4.69, 9.17) is 121 Å². The van der Waals surface area contributed by atoms with Gasteiger partial charge < -0.3 is 57.9 Å². The summed E-state index contributed by atoms with van der Waals surface area (Å²) in [7, 11) is 1.20. The normalized spacial score (nSPS) is 13.2. The Balaban J connectivity index is 0.000000254. The maximum atomic E-state index is 14.2. The number of aromatic nitrogens is 8. The van der Waals surface area contributed by atoms with E-state index in [1.165, 1.54) is 13.2 Å². The van der Waals surface area contributed by atoms with Crippen LogP contribution >= 0.6 is 92.8 Å². The molecular formula is C32H29Cl8FN16O8. The van der Waals surface area contributed by atoms with Crippen LogP contribution in [-0.2, 0) is 11.3 Å². The summed E-state index contributed by atoms with van der Waals surface area (Å²) in [5.74, 6) is -4.15. The first kappa shape index (κ1) is 53.8. The van der Waals surface area contributed by atoms with Gasteiger partial charge >= 0.3 is 23.6 Å². The van der Waals surface area contributed by atoms with Gasteiger partial charge in [-0.05, 0) is 61.6 Å². The maximum absolute atomic E-state index is 14.2. The number of rotatable bonds is 8. The van der Waals surface area contributed by atoms with Crippen molar-refractivity contribution in [2.45, 2.75) is 25.9 Å². The molecule has 1 aliphatic heterocycles. The molecule has 0 saturated carbocycles. The third kappa shape index (κ3) is 14.8. The van der Waals surface area contributed by atoms with Crippen LogP contribution in [0.25, 0.3) is 0 Å². The number of esters is 1. The Bertz CT molecular complexity index is 2540. The van der Waals surface area contributed by atoms with Crippen LogP contribution in [0, 0.1) is 26.0 Å². The lowest BCUT2D eigenvalue weighted by Gasteiger charge is -2.41. The van der Waals surface area contributed by atoms with Gasteiger partial charge in [-0.3, -0.25) is 4.90 Å². The van der Waals surface area contributed by atoms with Crippen molar-refractivity contribution in [3.8, 4) is 0 Å². The van der Waals surface area contributed by atoms with Crippen LogP contribution in [0.5, 0.6) is 0 Å². The topological polar surface area (TPSA) is 364 Å². The first-order chi connectivity index (χ1) is 30.4. The number of hydrogen-bond donors (Lipinski definition) is 5.